The number of rotatable bonds is 5. The van der Waals surface area contributed by atoms with Crippen molar-refractivity contribution < 1.29 is 9.59 Å². The predicted molar refractivity (Wildman–Crippen MR) is 111 cm³/mol. The lowest BCUT2D eigenvalue weighted by Crippen LogP contribution is -2.50. The molecule has 27 heavy (non-hydrogen) atoms. The number of anilines is 1. The Morgan fingerprint density at radius 1 is 1.15 bits per heavy atom. The molecule has 2 heterocycles. The van der Waals surface area contributed by atoms with Gasteiger partial charge in [-0.05, 0) is 37.3 Å². The maximum absolute atomic E-state index is 12.3. The molecule has 142 valence electrons. The lowest BCUT2D eigenvalue weighted by atomic mass is 10.2. The van der Waals surface area contributed by atoms with Crippen LogP contribution in [0.5, 0.6) is 0 Å². The first-order chi connectivity index (χ1) is 13.0. The van der Waals surface area contributed by atoms with Gasteiger partial charge in [-0.1, -0.05) is 23.7 Å². The molecule has 2 amide bonds. The molecule has 1 N–H and O–H groups in total. The first-order valence-corrected chi connectivity index (χ1v) is 10.0. The highest BCUT2D eigenvalue weighted by Gasteiger charge is 2.21. The smallest absolute Gasteiger partial charge is 0.246 e. The van der Waals surface area contributed by atoms with E-state index in [1.54, 1.807) is 29.5 Å². The van der Waals surface area contributed by atoms with E-state index >= 15 is 0 Å². The summed E-state index contributed by atoms with van der Waals surface area (Å²) >= 11 is 7.73. The molecule has 2 aromatic rings. The third-order valence-corrected chi connectivity index (χ3v) is 5.65. The molecule has 1 fully saturated rings. The van der Waals surface area contributed by atoms with E-state index in [2.05, 4.69) is 5.32 Å². The summed E-state index contributed by atoms with van der Waals surface area (Å²) in [5, 5.41) is 3.35. The average Bonchev–Trinajstić information content (AvgIpc) is 3.07. The van der Waals surface area contributed by atoms with Crippen LogP contribution in [0.4, 0.5) is 5.69 Å². The van der Waals surface area contributed by atoms with E-state index in [4.69, 9.17) is 11.6 Å². The highest BCUT2D eigenvalue weighted by atomic mass is 35.5. The van der Waals surface area contributed by atoms with Gasteiger partial charge < -0.3 is 10.2 Å². The molecule has 1 saturated heterocycles. The van der Waals surface area contributed by atoms with Gasteiger partial charge in [0.2, 0.25) is 11.8 Å². The number of hydrogen-bond donors (Lipinski definition) is 1. The molecule has 5 nitrogen and oxygen atoms in total. The highest BCUT2D eigenvalue weighted by molar-refractivity contribution is 7.12. The minimum absolute atomic E-state index is 0.0150. The third kappa shape index (κ3) is 5.66. The summed E-state index contributed by atoms with van der Waals surface area (Å²) in [6.07, 6.45) is 3.49. The molecule has 0 aliphatic carbocycles. The van der Waals surface area contributed by atoms with Crippen LogP contribution in [0.3, 0.4) is 0 Å². The Morgan fingerprint density at radius 3 is 2.56 bits per heavy atom. The molecule has 1 aromatic carbocycles. The summed E-state index contributed by atoms with van der Waals surface area (Å²) < 4.78 is 0. The Bertz CT molecular complexity index is 841. The predicted octanol–water partition coefficient (Wildman–Crippen LogP) is 3.51. The number of carbonyl (C=O) groups is 2. The van der Waals surface area contributed by atoms with E-state index in [-0.39, 0.29) is 18.4 Å². The van der Waals surface area contributed by atoms with Gasteiger partial charge in [-0.3, -0.25) is 14.5 Å². The van der Waals surface area contributed by atoms with Crippen LogP contribution in [-0.4, -0.2) is 54.3 Å². The maximum Gasteiger partial charge on any atom is 0.246 e. The Labute approximate surface area is 168 Å². The van der Waals surface area contributed by atoms with Crippen LogP contribution in [-0.2, 0) is 9.59 Å². The van der Waals surface area contributed by atoms with Crippen LogP contribution >= 0.6 is 22.9 Å². The van der Waals surface area contributed by atoms with E-state index in [1.807, 2.05) is 47.1 Å². The number of nitrogens with zero attached hydrogens (tertiary/aromatic N) is 2. The first-order valence-electron chi connectivity index (χ1n) is 8.81. The monoisotopic (exact) mass is 403 g/mol. The summed E-state index contributed by atoms with van der Waals surface area (Å²) in [5.74, 6) is -0.0861. The zero-order valence-corrected chi connectivity index (χ0v) is 16.7. The molecule has 7 heteroatoms. The van der Waals surface area contributed by atoms with E-state index in [0.29, 0.717) is 36.9 Å². The fourth-order valence-corrected chi connectivity index (χ4v) is 3.85. The Kier molecular flexibility index (Phi) is 6.66. The van der Waals surface area contributed by atoms with Gasteiger partial charge in [0.25, 0.3) is 0 Å². The largest absolute Gasteiger partial charge is 0.337 e. The van der Waals surface area contributed by atoms with Crippen molar-refractivity contribution in [3.05, 3.63) is 57.3 Å². The van der Waals surface area contributed by atoms with E-state index in [9.17, 15) is 9.59 Å². The van der Waals surface area contributed by atoms with Crippen molar-refractivity contribution in [1.82, 2.24) is 9.80 Å². The number of hydrogen-bond acceptors (Lipinski definition) is 4. The minimum Gasteiger partial charge on any atom is -0.337 e. The van der Waals surface area contributed by atoms with Gasteiger partial charge in [-0.2, -0.15) is 0 Å². The van der Waals surface area contributed by atoms with Gasteiger partial charge in [0.1, 0.15) is 0 Å². The average molecular weight is 404 g/mol. The Hall–Kier alpha value is -2.15. The van der Waals surface area contributed by atoms with Crippen LogP contribution in [0.15, 0.2) is 42.5 Å². The second kappa shape index (κ2) is 9.17. The molecule has 1 aliphatic rings. The van der Waals surface area contributed by atoms with Crippen molar-refractivity contribution in [3.63, 3.8) is 0 Å². The standard InChI is InChI=1S/C20H22ClN3O2S/c1-15-6-7-16(27-15)8-9-20(26)24-12-10-23(11-13-24)14-19(25)22-18-5-3-2-4-17(18)21/h2-9H,10-14H2,1H3,(H,22,25)/b9-8+. The van der Waals surface area contributed by atoms with Crippen molar-refractivity contribution in [2.45, 2.75) is 6.92 Å². The van der Waals surface area contributed by atoms with Crippen molar-refractivity contribution in [2.24, 2.45) is 0 Å². The molecule has 0 bridgehead atoms. The lowest BCUT2D eigenvalue weighted by molar-refractivity contribution is -0.127. The molecular weight excluding hydrogens is 382 g/mol. The number of para-hydroxylation sites is 1. The molecule has 1 aromatic heterocycles. The third-order valence-electron chi connectivity index (χ3n) is 4.35. The van der Waals surface area contributed by atoms with Gasteiger partial charge >= 0.3 is 0 Å². The molecule has 0 unspecified atom stereocenters. The Balaban J connectivity index is 1.44. The van der Waals surface area contributed by atoms with E-state index < -0.39 is 0 Å². The van der Waals surface area contributed by atoms with E-state index in [1.165, 1.54) is 4.88 Å². The lowest BCUT2D eigenvalue weighted by Gasteiger charge is -2.33. The number of aryl methyl sites for hydroxylation is 1. The van der Waals surface area contributed by atoms with Crippen LogP contribution in [0.1, 0.15) is 9.75 Å². The minimum atomic E-state index is -0.101. The van der Waals surface area contributed by atoms with Gasteiger partial charge in [0, 0.05) is 42.0 Å². The maximum atomic E-state index is 12.3. The molecule has 0 atom stereocenters. The number of piperazine rings is 1. The van der Waals surface area contributed by atoms with Gasteiger partial charge in [0.05, 0.1) is 17.3 Å². The summed E-state index contributed by atoms with van der Waals surface area (Å²) in [4.78, 5) is 30.7. The summed E-state index contributed by atoms with van der Waals surface area (Å²) in [5.41, 5.74) is 0.618. The fraction of sp³-hybridized carbons (Fsp3) is 0.300. The van der Waals surface area contributed by atoms with Gasteiger partial charge in [-0.25, -0.2) is 0 Å². The second-order valence-electron chi connectivity index (χ2n) is 6.41. The number of nitrogens with one attached hydrogen (secondary N) is 1. The van der Waals surface area contributed by atoms with Crippen molar-refractivity contribution in [3.8, 4) is 0 Å². The quantitative estimate of drug-likeness (QED) is 0.777. The highest BCUT2D eigenvalue weighted by Crippen LogP contribution is 2.20. The molecule has 1 aliphatic heterocycles. The Morgan fingerprint density at radius 2 is 1.89 bits per heavy atom. The van der Waals surface area contributed by atoms with Crippen LogP contribution < -0.4 is 5.32 Å². The van der Waals surface area contributed by atoms with Gasteiger partial charge in [-0.15, -0.1) is 11.3 Å². The topological polar surface area (TPSA) is 52.7 Å². The SMILES string of the molecule is Cc1ccc(/C=C/C(=O)N2CCN(CC(=O)Nc3ccccc3Cl)CC2)s1. The van der Waals surface area contributed by atoms with Crippen LogP contribution in [0.2, 0.25) is 5.02 Å². The normalized spacial score (nSPS) is 15.3. The van der Waals surface area contributed by atoms with Crippen LogP contribution in [0.25, 0.3) is 6.08 Å². The molecule has 0 spiro atoms. The van der Waals surface area contributed by atoms with E-state index in [0.717, 1.165) is 4.88 Å². The first kappa shape index (κ1) is 19.6. The summed E-state index contributed by atoms with van der Waals surface area (Å²) in [7, 11) is 0. The van der Waals surface area contributed by atoms with Gasteiger partial charge in [0.15, 0.2) is 0 Å². The number of halogens is 1. The molecular formula is C20H22ClN3O2S. The summed E-state index contributed by atoms with van der Waals surface area (Å²) in [6.45, 7) is 4.92. The van der Waals surface area contributed by atoms with Crippen molar-refractivity contribution in [2.75, 3.05) is 38.0 Å². The number of benzene rings is 1. The fourth-order valence-electron chi connectivity index (χ4n) is 2.88. The van der Waals surface area contributed by atoms with Crippen molar-refractivity contribution >= 4 is 46.5 Å². The number of carbonyl (C=O) groups excluding carboxylic acids is 2. The van der Waals surface area contributed by atoms with Crippen molar-refractivity contribution in [1.29, 1.82) is 0 Å². The van der Waals surface area contributed by atoms with Crippen LogP contribution in [0, 0.1) is 6.92 Å². The zero-order chi connectivity index (χ0) is 19.2. The molecule has 0 radical (unpaired) electrons. The molecule has 3 rings (SSSR count). The molecule has 0 saturated carbocycles. The number of thiophene rings is 1. The zero-order valence-electron chi connectivity index (χ0n) is 15.2. The summed E-state index contributed by atoms with van der Waals surface area (Å²) in [6, 6.07) is 11.2. The second-order valence-corrected chi connectivity index (χ2v) is 8.14. The number of amides is 2.